The Morgan fingerprint density at radius 1 is 1.28 bits per heavy atom. The number of para-hydroxylation sites is 2. The molecule has 0 fully saturated rings. The highest BCUT2D eigenvalue weighted by molar-refractivity contribution is 6.16. The van der Waals surface area contributed by atoms with E-state index in [-0.39, 0.29) is 5.41 Å². The van der Waals surface area contributed by atoms with Gasteiger partial charge in [-0.2, -0.15) is 0 Å². The lowest BCUT2D eigenvalue weighted by molar-refractivity contribution is 0.233. The number of fused-ring (bicyclic) bond motifs is 1. The van der Waals surface area contributed by atoms with Crippen molar-refractivity contribution in [3.05, 3.63) is 30.1 Å². The summed E-state index contributed by atoms with van der Waals surface area (Å²) in [5.74, 6) is 2.00. The molecule has 1 unspecified atom stereocenters. The molecule has 2 nitrogen and oxygen atoms in total. The summed E-state index contributed by atoms with van der Waals surface area (Å²) in [6.07, 6.45) is 0. The molecule has 2 rings (SSSR count). The minimum absolute atomic E-state index is 0.287. The van der Waals surface area contributed by atoms with Gasteiger partial charge in [-0.05, 0) is 23.5 Å². The SMILES string of the molecule is CC(Cn1c(CCl)nc2ccccc21)C(C)(C)C. The van der Waals surface area contributed by atoms with Crippen LogP contribution in [0.15, 0.2) is 24.3 Å². The molecule has 0 aliphatic carbocycles. The van der Waals surface area contributed by atoms with Gasteiger partial charge in [0.05, 0.1) is 16.9 Å². The number of aromatic nitrogens is 2. The second kappa shape index (κ2) is 4.93. The number of benzene rings is 1. The molecule has 0 N–H and O–H groups in total. The molecule has 1 atom stereocenters. The molecule has 1 heterocycles. The topological polar surface area (TPSA) is 17.8 Å². The van der Waals surface area contributed by atoms with E-state index in [1.807, 2.05) is 12.1 Å². The minimum Gasteiger partial charge on any atom is -0.327 e. The molecule has 18 heavy (non-hydrogen) atoms. The molecule has 2 aromatic rings. The summed E-state index contributed by atoms with van der Waals surface area (Å²) < 4.78 is 2.26. The predicted octanol–water partition coefficient (Wildman–Crippen LogP) is 4.46. The Labute approximate surface area is 114 Å². The van der Waals surface area contributed by atoms with E-state index in [1.165, 1.54) is 5.52 Å². The van der Waals surface area contributed by atoms with E-state index in [4.69, 9.17) is 11.6 Å². The highest BCUT2D eigenvalue weighted by Crippen LogP contribution is 2.29. The summed E-state index contributed by atoms with van der Waals surface area (Å²) in [6, 6.07) is 8.24. The van der Waals surface area contributed by atoms with Crippen LogP contribution in [0.2, 0.25) is 0 Å². The van der Waals surface area contributed by atoms with E-state index < -0.39 is 0 Å². The van der Waals surface area contributed by atoms with Crippen molar-refractivity contribution in [2.45, 2.75) is 40.1 Å². The average molecular weight is 265 g/mol. The lowest BCUT2D eigenvalue weighted by Crippen LogP contribution is -2.23. The first-order valence-corrected chi connectivity index (χ1v) is 6.97. The van der Waals surface area contributed by atoms with Gasteiger partial charge in [-0.15, -0.1) is 11.6 Å². The molecule has 0 aliphatic heterocycles. The fourth-order valence-corrected chi connectivity index (χ4v) is 2.18. The van der Waals surface area contributed by atoms with Crippen LogP contribution in [0.4, 0.5) is 0 Å². The first kappa shape index (κ1) is 13.4. The Balaban J connectivity index is 2.43. The van der Waals surface area contributed by atoms with Crippen LogP contribution in [0, 0.1) is 11.3 Å². The van der Waals surface area contributed by atoms with E-state index in [0.717, 1.165) is 17.9 Å². The maximum Gasteiger partial charge on any atom is 0.124 e. The van der Waals surface area contributed by atoms with Gasteiger partial charge < -0.3 is 4.57 Å². The van der Waals surface area contributed by atoms with Gasteiger partial charge in [0, 0.05) is 6.54 Å². The van der Waals surface area contributed by atoms with Crippen LogP contribution in [0.3, 0.4) is 0 Å². The third kappa shape index (κ3) is 2.54. The summed E-state index contributed by atoms with van der Waals surface area (Å²) in [6.45, 7) is 10.1. The van der Waals surface area contributed by atoms with Crippen LogP contribution in [-0.4, -0.2) is 9.55 Å². The minimum atomic E-state index is 0.287. The van der Waals surface area contributed by atoms with Crippen LogP contribution in [0.5, 0.6) is 0 Å². The number of hydrogen-bond acceptors (Lipinski definition) is 1. The van der Waals surface area contributed by atoms with Gasteiger partial charge in [-0.25, -0.2) is 4.98 Å². The van der Waals surface area contributed by atoms with Crippen molar-refractivity contribution in [3.8, 4) is 0 Å². The lowest BCUT2D eigenvalue weighted by Gasteiger charge is -2.28. The van der Waals surface area contributed by atoms with Crippen molar-refractivity contribution in [2.24, 2.45) is 11.3 Å². The molecule has 98 valence electrons. The zero-order chi connectivity index (χ0) is 13.3. The fraction of sp³-hybridized carbons (Fsp3) is 0.533. The normalized spacial score (nSPS) is 14.1. The molecule has 3 heteroatoms. The molecular weight excluding hydrogens is 244 g/mol. The van der Waals surface area contributed by atoms with Crippen LogP contribution in [0.1, 0.15) is 33.5 Å². The first-order chi connectivity index (χ1) is 8.43. The Morgan fingerprint density at radius 3 is 2.56 bits per heavy atom. The van der Waals surface area contributed by atoms with Crippen molar-refractivity contribution in [2.75, 3.05) is 0 Å². The van der Waals surface area contributed by atoms with Crippen molar-refractivity contribution in [3.63, 3.8) is 0 Å². The van der Waals surface area contributed by atoms with Gasteiger partial charge in [0.2, 0.25) is 0 Å². The number of hydrogen-bond donors (Lipinski definition) is 0. The molecule has 1 aromatic carbocycles. The molecular formula is C15H21ClN2. The molecule has 0 spiro atoms. The molecule has 0 bridgehead atoms. The van der Waals surface area contributed by atoms with Crippen molar-refractivity contribution in [1.29, 1.82) is 0 Å². The number of nitrogens with zero attached hydrogens (tertiary/aromatic N) is 2. The van der Waals surface area contributed by atoms with Crippen LogP contribution in [0.25, 0.3) is 11.0 Å². The summed E-state index contributed by atoms with van der Waals surface area (Å²) >= 11 is 6.02. The van der Waals surface area contributed by atoms with Crippen LogP contribution in [-0.2, 0) is 12.4 Å². The van der Waals surface area contributed by atoms with E-state index in [1.54, 1.807) is 0 Å². The van der Waals surface area contributed by atoms with Gasteiger partial charge in [-0.1, -0.05) is 39.8 Å². The Kier molecular flexibility index (Phi) is 3.67. The summed E-state index contributed by atoms with van der Waals surface area (Å²) in [4.78, 5) is 4.60. The summed E-state index contributed by atoms with van der Waals surface area (Å²) in [5, 5.41) is 0. The van der Waals surface area contributed by atoms with Crippen LogP contribution >= 0.6 is 11.6 Å². The van der Waals surface area contributed by atoms with Crippen molar-refractivity contribution in [1.82, 2.24) is 9.55 Å². The molecule has 0 saturated carbocycles. The maximum absolute atomic E-state index is 6.02. The molecule has 0 radical (unpaired) electrons. The first-order valence-electron chi connectivity index (χ1n) is 6.43. The molecule has 1 aromatic heterocycles. The zero-order valence-corrected chi connectivity index (χ0v) is 12.3. The largest absolute Gasteiger partial charge is 0.327 e. The van der Waals surface area contributed by atoms with Gasteiger partial charge in [-0.3, -0.25) is 0 Å². The quantitative estimate of drug-likeness (QED) is 0.749. The van der Waals surface area contributed by atoms with Crippen molar-refractivity contribution < 1.29 is 0 Å². The van der Waals surface area contributed by atoms with Gasteiger partial charge in [0.1, 0.15) is 5.82 Å². The Bertz CT molecular complexity index is 537. The molecule has 0 amide bonds. The lowest BCUT2D eigenvalue weighted by atomic mass is 9.82. The van der Waals surface area contributed by atoms with Crippen LogP contribution < -0.4 is 0 Å². The van der Waals surface area contributed by atoms with E-state index in [2.05, 4.69) is 49.4 Å². The van der Waals surface area contributed by atoms with E-state index >= 15 is 0 Å². The third-order valence-corrected chi connectivity index (χ3v) is 4.03. The summed E-state index contributed by atoms with van der Waals surface area (Å²) in [5.41, 5.74) is 2.51. The second-order valence-corrected chi connectivity index (χ2v) is 6.30. The second-order valence-electron chi connectivity index (χ2n) is 6.03. The van der Waals surface area contributed by atoms with Crippen molar-refractivity contribution >= 4 is 22.6 Å². The maximum atomic E-state index is 6.02. The standard InChI is InChI=1S/C15H21ClN2/c1-11(15(2,3)4)10-18-13-8-6-5-7-12(13)17-14(18)9-16/h5-8,11H,9-10H2,1-4H3. The Hall–Kier alpha value is -1.02. The number of rotatable bonds is 3. The average Bonchev–Trinajstić information content (AvgIpc) is 2.66. The number of imidazole rings is 1. The number of alkyl halides is 1. The highest BCUT2D eigenvalue weighted by atomic mass is 35.5. The molecule has 0 saturated heterocycles. The van der Waals surface area contributed by atoms with Gasteiger partial charge in [0.25, 0.3) is 0 Å². The van der Waals surface area contributed by atoms with E-state index in [0.29, 0.717) is 11.8 Å². The monoisotopic (exact) mass is 264 g/mol. The smallest absolute Gasteiger partial charge is 0.124 e. The zero-order valence-electron chi connectivity index (χ0n) is 11.6. The third-order valence-electron chi connectivity index (χ3n) is 3.79. The fourth-order valence-electron chi connectivity index (χ4n) is 1.98. The van der Waals surface area contributed by atoms with Gasteiger partial charge >= 0.3 is 0 Å². The Morgan fingerprint density at radius 2 is 1.94 bits per heavy atom. The highest BCUT2D eigenvalue weighted by Gasteiger charge is 2.22. The summed E-state index contributed by atoms with van der Waals surface area (Å²) in [7, 11) is 0. The van der Waals surface area contributed by atoms with Gasteiger partial charge in [0.15, 0.2) is 0 Å². The predicted molar refractivity (Wildman–Crippen MR) is 77.9 cm³/mol. The van der Waals surface area contributed by atoms with E-state index in [9.17, 15) is 0 Å². The molecule has 0 aliphatic rings. The number of halogens is 1.